The number of rotatable bonds is 4. The number of methoxy groups -OCH3 is 1. The molecule has 1 amide bonds. The summed E-state index contributed by atoms with van der Waals surface area (Å²) >= 11 is 0. The summed E-state index contributed by atoms with van der Waals surface area (Å²) in [7, 11) is 1.33. The van der Waals surface area contributed by atoms with Crippen LogP contribution in [0.5, 0.6) is 0 Å². The van der Waals surface area contributed by atoms with Crippen molar-refractivity contribution in [1.82, 2.24) is 5.32 Å². The maximum atomic E-state index is 11.7. The minimum absolute atomic E-state index is 0.236. The van der Waals surface area contributed by atoms with Gasteiger partial charge >= 0.3 is 5.97 Å². The van der Waals surface area contributed by atoms with E-state index >= 15 is 0 Å². The minimum Gasteiger partial charge on any atom is -0.467 e. The zero-order valence-electron chi connectivity index (χ0n) is 11.9. The molecule has 0 spiro atoms. The zero-order chi connectivity index (χ0) is 14.5. The van der Waals surface area contributed by atoms with Gasteiger partial charge in [-0.1, -0.05) is 12.1 Å². The molecule has 1 aliphatic heterocycles. The third-order valence-electron chi connectivity index (χ3n) is 3.41. The van der Waals surface area contributed by atoms with E-state index in [1.54, 1.807) is 0 Å². The molecule has 1 unspecified atom stereocenters. The smallest absolute Gasteiger partial charge is 0.328 e. The molecule has 2 N–H and O–H groups in total. The average molecular weight is 276 g/mol. The minimum atomic E-state index is -0.632. The Kier molecular flexibility index (Phi) is 4.61. The van der Waals surface area contributed by atoms with Gasteiger partial charge in [-0.3, -0.25) is 4.79 Å². The molecule has 0 radical (unpaired) electrons. The molecule has 0 fully saturated rings. The van der Waals surface area contributed by atoms with Gasteiger partial charge in [0.25, 0.3) is 0 Å². The fraction of sp³-hybridized carbons (Fsp3) is 0.467. The Balaban J connectivity index is 2.13. The third-order valence-corrected chi connectivity index (χ3v) is 3.41. The second-order valence-corrected chi connectivity index (χ2v) is 5.00. The van der Waals surface area contributed by atoms with Gasteiger partial charge in [-0.15, -0.1) is 0 Å². The largest absolute Gasteiger partial charge is 0.467 e. The molecule has 5 nitrogen and oxygen atoms in total. The van der Waals surface area contributed by atoms with E-state index in [1.165, 1.54) is 19.6 Å². The monoisotopic (exact) mass is 276 g/mol. The molecule has 1 aromatic carbocycles. The summed E-state index contributed by atoms with van der Waals surface area (Å²) in [5.41, 5.74) is 3.45. The van der Waals surface area contributed by atoms with Gasteiger partial charge in [-0.05, 0) is 30.0 Å². The molecule has 0 saturated carbocycles. The Labute approximate surface area is 118 Å². The molecule has 0 bridgehead atoms. The molecule has 5 heteroatoms. The van der Waals surface area contributed by atoms with Crippen LogP contribution in [0.1, 0.15) is 24.5 Å². The summed E-state index contributed by atoms with van der Waals surface area (Å²) in [6.07, 6.45) is 2.60. The predicted octanol–water partition coefficient (Wildman–Crippen LogP) is 1.26. The molecule has 1 aromatic rings. The van der Waals surface area contributed by atoms with Crippen LogP contribution in [0.4, 0.5) is 5.69 Å². The highest BCUT2D eigenvalue weighted by Crippen LogP contribution is 2.23. The molecule has 20 heavy (non-hydrogen) atoms. The molecular weight excluding hydrogens is 256 g/mol. The Morgan fingerprint density at radius 1 is 1.45 bits per heavy atom. The van der Waals surface area contributed by atoms with Gasteiger partial charge in [-0.2, -0.15) is 0 Å². The quantitative estimate of drug-likeness (QED) is 0.813. The van der Waals surface area contributed by atoms with E-state index < -0.39 is 12.0 Å². The number of anilines is 1. The van der Waals surface area contributed by atoms with Crippen LogP contribution in [0, 0.1) is 0 Å². The fourth-order valence-corrected chi connectivity index (χ4v) is 2.47. The third kappa shape index (κ3) is 3.50. The van der Waals surface area contributed by atoms with Gasteiger partial charge < -0.3 is 15.4 Å². The summed E-state index contributed by atoms with van der Waals surface area (Å²) in [5, 5.41) is 5.98. The van der Waals surface area contributed by atoms with Crippen molar-refractivity contribution in [3.05, 3.63) is 29.3 Å². The lowest BCUT2D eigenvalue weighted by Crippen LogP contribution is -2.42. The van der Waals surface area contributed by atoms with Crippen LogP contribution >= 0.6 is 0 Å². The highest BCUT2D eigenvalue weighted by atomic mass is 16.5. The fourth-order valence-electron chi connectivity index (χ4n) is 2.47. The average Bonchev–Trinajstić information content (AvgIpc) is 2.45. The van der Waals surface area contributed by atoms with Crippen LogP contribution in [0.25, 0.3) is 0 Å². The Morgan fingerprint density at radius 2 is 2.25 bits per heavy atom. The van der Waals surface area contributed by atoms with E-state index in [1.807, 2.05) is 12.1 Å². The number of esters is 1. The van der Waals surface area contributed by atoms with Crippen molar-refractivity contribution < 1.29 is 14.3 Å². The number of amides is 1. The second-order valence-electron chi connectivity index (χ2n) is 5.00. The van der Waals surface area contributed by atoms with Crippen LogP contribution in [-0.4, -0.2) is 31.6 Å². The van der Waals surface area contributed by atoms with Gasteiger partial charge in [0.1, 0.15) is 6.04 Å². The number of hydrogen-bond donors (Lipinski definition) is 2. The number of nitrogens with one attached hydrogen (secondary N) is 2. The van der Waals surface area contributed by atoms with Gasteiger partial charge in [0.15, 0.2) is 0 Å². The zero-order valence-corrected chi connectivity index (χ0v) is 11.9. The van der Waals surface area contributed by atoms with Crippen LogP contribution < -0.4 is 10.6 Å². The van der Waals surface area contributed by atoms with Crippen LogP contribution in [0.2, 0.25) is 0 Å². The van der Waals surface area contributed by atoms with Crippen molar-refractivity contribution in [3.63, 3.8) is 0 Å². The molecule has 1 atom stereocenters. The first-order chi connectivity index (χ1) is 9.60. The number of benzene rings is 1. The standard InChI is InChI=1S/C15H20N2O3/c1-10(18)17-14(15(19)20-2)9-11-5-6-13-12(8-11)4-3-7-16-13/h5-6,8,14,16H,3-4,7,9H2,1-2H3,(H,17,18). The van der Waals surface area contributed by atoms with E-state index in [9.17, 15) is 9.59 Å². The SMILES string of the molecule is COC(=O)C(Cc1ccc2c(c1)CCCN2)NC(C)=O. The van der Waals surface area contributed by atoms with Crippen LogP contribution in [0.3, 0.4) is 0 Å². The van der Waals surface area contributed by atoms with Gasteiger partial charge in [-0.25, -0.2) is 4.79 Å². The first-order valence-corrected chi connectivity index (χ1v) is 6.80. The first kappa shape index (κ1) is 14.4. The van der Waals surface area contributed by atoms with E-state index in [4.69, 9.17) is 4.74 Å². The van der Waals surface area contributed by atoms with Crippen LogP contribution in [-0.2, 0) is 27.2 Å². The maximum Gasteiger partial charge on any atom is 0.328 e. The van der Waals surface area contributed by atoms with Gasteiger partial charge in [0.2, 0.25) is 5.91 Å². The molecule has 0 aliphatic carbocycles. The van der Waals surface area contributed by atoms with Gasteiger partial charge in [0, 0.05) is 25.6 Å². The lowest BCUT2D eigenvalue weighted by Gasteiger charge is -2.20. The first-order valence-electron chi connectivity index (χ1n) is 6.80. The highest BCUT2D eigenvalue weighted by Gasteiger charge is 2.21. The number of carbonyl (C=O) groups is 2. The number of hydrogen-bond acceptors (Lipinski definition) is 4. The lowest BCUT2D eigenvalue weighted by molar-refractivity contribution is -0.144. The molecule has 1 heterocycles. The molecule has 1 aliphatic rings. The summed E-state index contributed by atoms with van der Waals surface area (Å²) < 4.78 is 4.73. The topological polar surface area (TPSA) is 67.4 Å². The van der Waals surface area contributed by atoms with Crippen molar-refractivity contribution >= 4 is 17.6 Å². The summed E-state index contributed by atoms with van der Waals surface area (Å²) in [5.74, 6) is -0.656. The lowest BCUT2D eigenvalue weighted by atomic mass is 9.97. The number of fused-ring (bicyclic) bond motifs is 1. The normalized spacial score (nSPS) is 14.7. The molecule has 108 valence electrons. The van der Waals surface area contributed by atoms with Crippen molar-refractivity contribution in [2.45, 2.75) is 32.2 Å². The summed E-state index contributed by atoms with van der Waals surface area (Å²) in [6, 6.07) is 5.48. The van der Waals surface area contributed by atoms with E-state index in [0.29, 0.717) is 6.42 Å². The molecular formula is C15H20N2O3. The second kappa shape index (κ2) is 6.41. The van der Waals surface area contributed by atoms with Crippen LogP contribution in [0.15, 0.2) is 18.2 Å². The summed E-state index contributed by atoms with van der Waals surface area (Å²) in [6.45, 7) is 2.40. The maximum absolute atomic E-state index is 11.7. The van der Waals surface area contributed by atoms with E-state index in [0.717, 1.165) is 30.6 Å². The Bertz CT molecular complexity index is 514. The number of carbonyl (C=O) groups excluding carboxylic acids is 2. The van der Waals surface area contributed by atoms with Crippen molar-refractivity contribution in [2.24, 2.45) is 0 Å². The molecule has 0 aromatic heterocycles. The van der Waals surface area contributed by atoms with Crippen molar-refractivity contribution in [2.75, 3.05) is 19.0 Å². The number of aryl methyl sites for hydroxylation is 1. The molecule has 2 rings (SSSR count). The van der Waals surface area contributed by atoms with Crippen molar-refractivity contribution in [3.8, 4) is 0 Å². The van der Waals surface area contributed by atoms with E-state index in [2.05, 4.69) is 16.7 Å². The number of ether oxygens (including phenoxy) is 1. The van der Waals surface area contributed by atoms with Crippen molar-refractivity contribution in [1.29, 1.82) is 0 Å². The molecule has 0 saturated heterocycles. The highest BCUT2D eigenvalue weighted by molar-refractivity contribution is 5.83. The van der Waals surface area contributed by atoms with E-state index in [-0.39, 0.29) is 5.91 Å². The Morgan fingerprint density at radius 3 is 2.95 bits per heavy atom. The Hall–Kier alpha value is -2.04. The summed E-state index contributed by atoms with van der Waals surface area (Å²) in [4.78, 5) is 22.9. The predicted molar refractivity (Wildman–Crippen MR) is 76.6 cm³/mol. The van der Waals surface area contributed by atoms with Gasteiger partial charge in [0.05, 0.1) is 7.11 Å².